The lowest BCUT2D eigenvalue weighted by molar-refractivity contribution is 0.554. The van der Waals surface area contributed by atoms with Gasteiger partial charge in [-0.3, -0.25) is 9.52 Å². The second kappa shape index (κ2) is 4.03. The van der Waals surface area contributed by atoms with Crippen LogP contribution in [0.25, 0.3) is 0 Å². The van der Waals surface area contributed by atoms with E-state index in [4.69, 9.17) is 0 Å². The summed E-state index contributed by atoms with van der Waals surface area (Å²) in [4.78, 5) is 10.9. The average molecular weight is 166 g/mol. The van der Waals surface area contributed by atoms with E-state index in [1.165, 1.54) is 11.9 Å². The Morgan fingerprint density at radius 1 is 1.45 bits per heavy atom. The molecule has 0 spiro atoms. The predicted molar refractivity (Wildman–Crippen MR) is 45.9 cm³/mol. The van der Waals surface area contributed by atoms with E-state index in [-0.39, 0.29) is 0 Å². The van der Waals surface area contributed by atoms with E-state index in [2.05, 4.69) is 4.72 Å². The number of carbonyl (C=O) groups excluding carboxylic acids is 1. The molecule has 0 aliphatic heterocycles. The highest BCUT2D eigenvalue weighted by atomic mass is 32.2. The Kier molecular flexibility index (Phi) is 2.98. The molecule has 0 atom stereocenters. The van der Waals surface area contributed by atoms with Crippen LogP contribution < -0.4 is 4.72 Å². The summed E-state index contributed by atoms with van der Waals surface area (Å²) in [6, 6.07) is 7.84. The summed E-state index contributed by atoms with van der Waals surface area (Å²) >= 11 is 1.27. The van der Waals surface area contributed by atoms with E-state index in [0.717, 1.165) is 10.5 Å². The van der Waals surface area contributed by atoms with Gasteiger partial charge in [-0.05, 0) is 30.5 Å². The molecule has 1 amide bonds. The second-order valence-corrected chi connectivity index (χ2v) is 2.92. The van der Waals surface area contributed by atoms with Crippen LogP contribution in [0, 0.1) is 6.92 Å². The first-order valence-electron chi connectivity index (χ1n) is 3.19. The van der Waals surface area contributed by atoms with Gasteiger partial charge in [0.05, 0.1) is 0 Å². The van der Waals surface area contributed by atoms with Crippen molar-refractivity contribution in [3.63, 3.8) is 0 Å². The molecule has 1 N–H and O–H groups in total. The van der Waals surface area contributed by atoms with Crippen LogP contribution in [-0.2, 0) is 4.79 Å². The highest BCUT2D eigenvalue weighted by Crippen LogP contribution is 2.17. The molecule has 1 radical (unpaired) electrons. The summed E-state index contributed by atoms with van der Waals surface area (Å²) in [6.45, 7) is 1.99. The van der Waals surface area contributed by atoms with Gasteiger partial charge in [0, 0.05) is 4.90 Å². The van der Waals surface area contributed by atoms with E-state index < -0.39 is 0 Å². The zero-order valence-corrected chi connectivity index (χ0v) is 6.94. The van der Waals surface area contributed by atoms with Crippen LogP contribution in [0.3, 0.4) is 0 Å². The molecular weight excluding hydrogens is 158 g/mol. The van der Waals surface area contributed by atoms with Gasteiger partial charge in [0.25, 0.3) is 0 Å². The normalized spacial score (nSPS) is 9.18. The molecule has 0 unspecified atom stereocenters. The highest BCUT2D eigenvalue weighted by molar-refractivity contribution is 7.98. The zero-order chi connectivity index (χ0) is 8.10. The minimum Gasteiger partial charge on any atom is -0.288 e. The first-order valence-corrected chi connectivity index (χ1v) is 4.01. The summed E-state index contributed by atoms with van der Waals surface area (Å²) in [5.74, 6) is 0. The molecule has 2 nitrogen and oxygen atoms in total. The fourth-order valence-corrected chi connectivity index (χ4v) is 1.27. The van der Waals surface area contributed by atoms with Gasteiger partial charge in [-0.1, -0.05) is 18.2 Å². The molecule has 0 bridgehead atoms. The molecule has 3 heteroatoms. The van der Waals surface area contributed by atoms with Crippen molar-refractivity contribution in [2.24, 2.45) is 0 Å². The molecule has 0 saturated carbocycles. The van der Waals surface area contributed by atoms with Crippen molar-refractivity contribution in [2.45, 2.75) is 11.8 Å². The van der Waals surface area contributed by atoms with Gasteiger partial charge in [0.1, 0.15) is 0 Å². The van der Waals surface area contributed by atoms with Gasteiger partial charge in [-0.2, -0.15) is 0 Å². The van der Waals surface area contributed by atoms with Crippen molar-refractivity contribution in [3.05, 3.63) is 29.8 Å². The first kappa shape index (κ1) is 8.14. The number of aryl methyl sites for hydroxylation is 1. The summed E-state index contributed by atoms with van der Waals surface area (Å²) in [7, 11) is 0. The summed E-state index contributed by atoms with van der Waals surface area (Å²) < 4.78 is 2.42. The molecule has 0 fully saturated rings. The molecule has 1 aromatic carbocycles. The van der Waals surface area contributed by atoms with Crippen LogP contribution in [0.15, 0.2) is 29.2 Å². The van der Waals surface area contributed by atoms with Gasteiger partial charge in [0.2, 0.25) is 0 Å². The third-order valence-electron chi connectivity index (χ3n) is 1.30. The van der Waals surface area contributed by atoms with Gasteiger partial charge < -0.3 is 0 Å². The number of rotatable bonds is 3. The largest absolute Gasteiger partial charge is 0.320 e. The quantitative estimate of drug-likeness (QED) is 0.546. The van der Waals surface area contributed by atoms with Crippen LogP contribution in [0.2, 0.25) is 0 Å². The van der Waals surface area contributed by atoms with Gasteiger partial charge in [0.15, 0.2) is 0 Å². The van der Waals surface area contributed by atoms with Crippen LogP contribution in [0.4, 0.5) is 0 Å². The zero-order valence-electron chi connectivity index (χ0n) is 6.13. The maximum atomic E-state index is 9.83. The van der Waals surface area contributed by atoms with E-state index in [9.17, 15) is 4.79 Å². The van der Waals surface area contributed by atoms with Crippen molar-refractivity contribution in [1.82, 2.24) is 4.72 Å². The van der Waals surface area contributed by atoms with Crippen LogP contribution >= 0.6 is 11.9 Å². The minimum atomic E-state index is 1.05. The van der Waals surface area contributed by atoms with E-state index >= 15 is 0 Å². The molecule has 1 aromatic rings. The maximum absolute atomic E-state index is 9.83. The lowest BCUT2D eigenvalue weighted by atomic mass is 10.2. The SMILES string of the molecule is Cc1ccccc1SN[C]=O. The summed E-state index contributed by atoms with van der Waals surface area (Å²) in [6.07, 6.45) is 1.61. The summed E-state index contributed by atoms with van der Waals surface area (Å²) in [5, 5.41) is 0. The fraction of sp³-hybridized carbons (Fsp3) is 0.125. The first-order chi connectivity index (χ1) is 5.34. The van der Waals surface area contributed by atoms with Crippen molar-refractivity contribution < 1.29 is 4.79 Å². The van der Waals surface area contributed by atoms with E-state index in [1.807, 2.05) is 31.2 Å². The Morgan fingerprint density at radius 3 is 2.82 bits per heavy atom. The third-order valence-corrected chi connectivity index (χ3v) is 2.16. The number of hydrogen-bond acceptors (Lipinski definition) is 2. The Labute approximate surface area is 70.1 Å². The standard InChI is InChI=1S/C8H8NOS/c1-7-4-2-3-5-8(7)11-9-6-10/h2-5H,1H3,(H,9,10). The molecule has 11 heavy (non-hydrogen) atoms. The second-order valence-electron chi connectivity index (χ2n) is 2.07. The van der Waals surface area contributed by atoms with Crippen LogP contribution in [0.5, 0.6) is 0 Å². The van der Waals surface area contributed by atoms with Crippen LogP contribution in [0.1, 0.15) is 5.56 Å². The van der Waals surface area contributed by atoms with Crippen molar-refractivity contribution in [3.8, 4) is 0 Å². The molecule has 0 aliphatic carbocycles. The molecule has 0 heterocycles. The number of benzene rings is 1. The van der Waals surface area contributed by atoms with Gasteiger partial charge >= 0.3 is 6.41 Å². The predicted octanol–water partition coefficient (Wildman–Crippen LogP) is 1.66. The molecule has 0 aromatic heterocycles. The smallest absolute Gasteiger partial charge is 0.288 e. The monoisotopic (exact) mass is 166 g/mol. The topological polar surface area (TPSA) is 29.1 Å². The number of amides is 1. The molecule has 57 valence electrons. The minimum absolute atomic E-state index is 1.05. The van der Waals surface area contributed by atoms with Crippen molar-refractivity contribution >= 4 is 18.4 Å². The summed E-state index contributed by atoms with van der Waals surface area (Å²) in [5.41, 5.74) is 1.15. The van der Waals surface area contributed by atoms with Crippen LogP contribution in [-0.4, -0.2) is 6.41 Å². The Hall–Kier alpha value is -0.960. The fourth-order valence-electron chi connectivity index (χ4n) is 0.747. The lowest BCUT2D eigenvalue weighted by Crippen LogP contribution is -1.97. The number of hydrogen-bond donors (Lipinski definition) is 1. The Morgan fingerprint density at radius 2 is 2.18 bits per heavy atom. The Bertz CT molecular complexity index is 250. The lowest BCUT2D eigenvalue weighted by Gasteiger charge is -2.00. The van der Waals surface area contributed by atoms with E-state index in [1.54, 1.807) is 6.41 Å². The van der Waals surface area contributed by atoms with Crippen molar-refractivity contribution in [1.29, 1.82) is 0 Å². The van der Waals surface area contributed by atoms with Crippen molar-refractivity contribution in [2.75, 3.05) is 0 Å². The Balaban J connectivity index is 2.69. The number of nitrogens with one attached hydrogen (secondary N) is 1. The maximum Gasteiger partial charge on any atom is 0.320 e. The highest BCUT2D eigenvalue weighted by Gasteiger charge is 1.94. The molecular formula is C8H8NOS. The molecule has 0 aliphatic rings. The van der Waals surface area contributed by atoms with Gasteiger partial charge in [-0.25, -0.2) is 0 Å². The third kappa shape index (κ3) is 2.27. The van der Waals surface area contributed by atoms with Gasteiger partial charge in [-0.15, -0.1) is 0 Å². The average Bonchev–Trinajstić information content (AvgIpc) is 2.03. The molecule has 1 rings (SSSR count). The molecule has 0 saturated heterocycles. The van der Waals surface area contributed by atoms with E-state index in [0.29, 0.717) is 0 Å².